The van der Waals surface area contributed by atoms with Crippen molar-refractivity contribution in [1.29, 1.82) is 0 Å². The molecule has 1 aliphatic heterocycles. The normalized spacial score (nSPS) is 16.7. The molecular weight excluding hydrogens is 276 g/mol. The molecule has 21 heavy (non-hydrogen) atoms. The van der Waals surface area contributed by atoms with Crippen LogP contribution >= 0.6 is 0 Å². The summed E-state index contributed by atoms with van der Waals surface area (Å²) in [5.41, 5.74) is -0.224. The summed E-state index contributed by atoms with van der Waals surface area (Å²) >= 11 is 0. The molecule has 0 spiro atoms. The number of aromatic nitrogens is 2. The molecule has 1 aromatic rings. The van der Waals surface area contributed by atoms with Gasteiger partial charge >= 0.3 is 5.69 Å². The maximum Gasteiger partial charge on any atom is 0.372 e. The third-order valence-electron chi connectivity index (χ3n) is 3.48. The van der Waals surface area contributed by atoms with Gasteiger partial charge in [0.2, 0.25) is 5.82 Å². The van der Waals surface area contributed by atoms with Gasteiger partial charge in [0.25, 0.3) is 5.88 Å². The summed E-state index contributed by atoms with van der Waals surface area (Å²) in [6.07, 6.45) is 1.25. The molecule has 1 fully saturated rings. The van der Waals surface area contributed by atoms with Gasteiger partial charge in [-0.25, -0.2) is 4.98 Å². The number of likely N-dealkylation sites (N-methyl/N-ethyl adjacent to an activating group) is 1. The number of rotatable bonds is 6. The molecule has 0 unspecified atom stereocenters. The average molecular weight is 296 g/mol. The van der Waals surface area contributed by atoms with Crippen LogP contribution in [0.1, 0.15) is 0 Å². The van der Waals surface area contributed by atoms with Gasteiger partial charge in [-0.05, 0) is 7.05 Å². The molecule has 1 aromatic heterocycles. The Hall–Kier alpha value is -2.00. The fourth-order valence-electron chi connectivity index (χ4n) is 2.21. The molecule has 0 radical (unpaired) electrons. The minimum atomic E-state index is -0.531. The second-order valence-corrected chi connectivity index (χ2v) is 4.91. The Balaban J connectivity index is 1.92. The van der Waals surface area contributed by atoms with Crippen LogP contribution in [0.25, 0.3) is 0 Å². The highest BCUT2D eigenvalue weighted by Crippen LogP contribution is 2.29. The molecule has 2 heterocycles. The van der Waals surface area contributed by atoms with Crippen LogP contribution in [-0.4, -0.2) is 78.1 Å². The van der Waals surface area contributed by atoms with E-state index < -0.39 is 4.92 Å². The first-order valence-electron chi connectivity index (χ1n) is 6.80. The van der Waals surface area contributed by atoms with Gasteiger partial charge in [-0.1, -0.05) is 0 Å². The van der Waals surface area contributed by atoms with Crippen LogP contribution in [0.2, 0.25) is 0 Å². The summed E-state index contributed by atoms with van der Waals surface area (Å²) < 4.78 is 4.91. The van der Waals surface area contributed by atoms with Gasteiger partial charge in [0.1, 0.15) is 6.33 Å². The van der Waals surface area contributed by atoms with E-state index in [9.17, 15) is 10.1 Å². The molecule has 0 amide bonds. The predicted molar refractivity (Wildman–Crippen MR) is 77.7 cm³/mol. The number of piperazine rings is 1. The third-order valence-corrected chi connectivity index (χ3v) is 3.48. The van der Waals surface area contributed by atoms with Crippen molar-refractivity contribution in [3.8, 4) is 5.88 Å². The number of nitrogens with zero attached hydrogens (tertiary/aromatic N) is 5. The van der Waals surface area contributed by atoms with E-state index in [1.807, 2.05) is 0 Å². The highest BCUT2D eigenvalue weighted by Gasteiger charge is 2.23. The van der Waals surface area contributed by atoms with E-state index in [2.05, 4.69) is 32.1 Å². The smallest absolute Gasteiger partial charge is 0.372 e. The van der Waals surface area contributed by atoms with Crippen LogP contribution in [0.4, 0.5) is 11.5 Å². The SMILES string of the molecule is COc1ncnc(NCCN2CCN(C)CC2)c1[N+](=O)[O-]. The molecule has 2 rings (SSSR count). The molecule has 1 N–H and O–H groups in total. The Kier molecular flexibility index (Phi) is 5.23. The maximum atomic E-state index is 11.1. The molecular formula is C12H20N6O3. The number of methoxy groups -OCH3 is 1. The first-order chi connectivity index (χ1) is 10.1. The molecule has 9 nitrogen and oxygen atoms in total. The summed E-state index contributed by atoms with van der Waals surface area (Å²) in [7, 11) is 3.45. The average Bonchev–Trinajstić information content (AvgIpc) is 2.48. The Bertz CT molecular complexity index is 490. The number of ether oxygens (including phenoxy) is 1. The lowest BCUT2D eigenvalue weighted by Crippen LogP contribution is -2.45. The molecule has 9 heteroatoms. The largest absolute Gasteiger partial charge is 0.476 e. The van der Waals surface area contributed by atoms with Gasteiger partial charge in [-0.3, -0.25) is 15.0 Å². The van der Waals surface area contributed by atoms with Crippen LogP contribution < -0.4 is 10.1 Å². The molecule has 116 valence electrons. The molecule has 0 bridgehead atoms. The van der Waals surface area contributed by atoms with Gasteiger partial charge < -0.3 is 15.0 Å². The molecule has 1 saturated heterocycles. The van der Waals surface area contributed by atoms with Gasteiger partial charge in [0, 0.05) is 39.3 Å². The molecule has 1 aliphatic rings. The van der Waals surface area contributed by atoms with Crippen molar-refractivity contribution in [3.63, 3.8) is 0 Å². The zero-order valence-corrected chi connectivity index (χ0v) is 12.3. The third kappa shape index (κ3) is 3.99. The molecule has 0 atom stereocenters. The van der Waals surface area contributed by atoms with Gasteiger partial charge in [-0.15, -0.1) is 0 Å². The van der Waals surface area contributed by atoms with Crippen LogP contribution in [0.3, 0.4) is 0 Å². The van der Waals surface area contributed by atoms with Crippen LogP contribution in [-0.2, 0) is 0 Å². The molecule has 0 aromatic carbocycles. The van der Waals surface area contributed by atoms with Crippen LogP contribution in [0.15, 0.2) is 6.33 Å². The second kappa shape index (κ2) is 7.14. The van der Waals surface area contributed by atoms with E-state index in [4.69, 9.17) is 4.74 Å². The highest BCUT2D eigenvalue weighted by molar-refractivity contribution is 5.60. The summed E-state index contributed by atoms with van der Waals surface area (Å²) in [6.45, 7) is 5.51. The maximum absolute atomic E-state index is 11.1. The minimum absolute atomic E-state index is 0.0305. The number of nitro groups is 1. The summed E-state index contributed by atoms with van der Waals surface area (Å²) in [5, 5.41) is 14.1. The number of hydrogen-bond acceptors (Lipinski definition) is 8. The Morgan fingerprint density at radius 3 is 2.71 bits per heavy atom. The van der Waals surface area contributed by atoms with Crippen LogP contribution in [0.5, 0.6) is 5.88 Å². The lowest BCUT2D eigenvalue weighted by atomic mass is 10.3. The quantitative estimate of drug-likeness (QED) is 0.581. The summed E-state index contributed by atoms with van der Waals surface area (Å²) in [4.78, 5) is 22.8. The van der Waals surface area contributed by atoms with Crippen molar-refractivity contribution in [3.05, 3.63) is 16.4 Å². The van der Waals surface area contributed by atoms with E-state index in [1.54, 1.807) is 0 Å². The van der Waals surface area contributed by atoms with E-state index in [1.165, 1.54) is 13.4 Å². The monoisotopic (exact) mass is 296 g/mol. The van der Waals surface area contributed by atoms with Crippen molar-refractivity contribution in [2.24, 2.45) is 0 Å². The summed E-state index contributed by atoms with van der Waals surface area (Å²) in [6, 6.07) is 0. The van der Waals surface area contributed by atoms with Gasteiger partial charge in [0.05, 0.1) is 12.0 Å². The Labute approximate surface area is 123 Å². The van der Waals surface area contributed by atoms with E-state index in [0.29, 0.717) is 6.54 Å². The number of nitrogens with one attached hydrogen (secondary N) is 1. The van der Waals surface area contributed by atoms with E-state index in [-0.39, 0.29) is 17.4 Å². The molecule has 0 saturated carbocycles. The van der Waals surface area contributed by atoms with Crippen molar-refractivity contribution in [1.82, 2.24) is 19.8 Å². The minimum Gasteiger partial charge on any atom is -0.476 e. The highest BCUT2D eigenvalue weighted by atomic mass is 16.6. The predicted octanol–water partition coefficient (Wildman–Crippen LogP) is 0.0527. The number of anilines is 1. The second-order valence-electron chi connectivity index (χ2n) is 4.91. The lowest BCUT2D eigenvalue weighted by molar-refractivity contribution is -0.385. The fourth-order valence-corrected chi connectivity index (χ4v) is 2.21. The van der Waals surface area contributed by atoms with Gasteiger partial charge in [0.15, 0.2) is 0 Å². The van der Waals surface area contributed by atoms with Crippen molar-refractivity contribution < 1.29 is 9.66 Å². The molecule has 0 aliphatic carbocycles. The topological polar surface area (TPSA) is 96.7 Å². The van der Waals surface area contributed by atoms with Crippen molar-refractivity contribution >= 4 is 11.5 Å². The fraction of sp³-hybridized carbons (Fsp3) is 0.667. The van der Waals surface area contributed by atoms with E-state index >= 15 is 0 Å². The lowest BCUT2D eigenvalue weighted by Gasteiger charge is -2.32. The van der Waals surface area contributed by atoms with Crippen LogP contribution in [0, 0.1) is 10.1 Å². The standard InChI is InChI=1S/C12H20N6O3/c1-16-5-7-17(8-6-16)4-3-13-11-10(18(19)20)12(21-2)15-9-14-11/h9H,3-8H2,1-2H3,(H,13,14,15). The van der Waals surface area contributed by atoms with Crippen molar-refractivity contribution in [2.75, 3.05) is 58.7 Å². The zero-order valence-electron chi connectivity index (χ0n) is 12.3. The first kappa shape index (κ1) is 15.4. The zero-order chi connectivity index (χ0) is 15.2. The summed E-state index contributed by atoms with van der Waals surface area (Å²) in [5.74, 6) is 0.165. The van der Waals surface area contributed by atoms with E-state index in [0.717, 1.165) is 32.7 Å². The van der Waals surface area contributed by atoms with Gasteiger partial charge in [-0.2, -0.15) is 4.98 Å². The van der Waals surface area contributed by atoms with Crippen molar-refractivity contribution in [2.45, 2.75) is 0 Å². The Morgan fingerprint density at radius 2 is 2.10 bits per heavy atom. The first-order valence-corrected chi connectivity index (χ1v) is 6.80. The Morgan fingerprint density at radius 1 is 1.38 bits per heavy atom. The number of hydrogen-bond donors (Lipinski definition) is 1.